The minimum Gasteiger partial charge on any atom is -0.497 e. The summed E-state index contributed by atoms with van der Waals surface area (Å²) < 4.78 is 15.8. The zero-order chi connectivity index (χ0) is 13.7. The zero-order valence-electron chi connectivity index (χ0n) is 11.1. The number of rotatable bonds is 6. The fraction of sp³-hybridized carbons (Fsp3) is 0.400. The van der Waals surface area contributed by atoms with Gasteiger partial charge in [0.15, 0.2) is 0 Å². The molecule has 1 aliphatic rings. The van der Waals surface area contributed by atoms with Crippen molar-refractivity contribution >= 4 is 5.97 Å². The van der Waals surface area contributed by atoms with Crippen LogP contribution in [0, 0.1) is 0 Å². The van der Waals surface area contributed by atoms with E-state index in [4.69, 9.17) is 14.2 Å². The first kappa shape index (κ1) is 13.6. The molecular formula is C15H18O4. The summed E-state index contributed by atoms with van der Waals surface area (Å²) >= 11 is 0. The Morgan fingerprint density at radius 2 is 2.11 bits per heavy atom. The number of carbonyl (C=O) groups excluding carboxylic acids is 1. The van der Waals surface area contributed by atoms with Gasteiger partial charge in [0.25, 0.3) is 0 Å². The van der Waals surface area contributed by atoms with Crippen LogP contribution in [0.1, 0.15) is 18.4 Å². The van der Waals surface area contributed by atoms with Gasteiger partial charge in [0.2, 0.25) is 0 Å². The Kier molecular flexibility index (Phi) is 4.58. The van der Waals surface area contributed by atoms with Crippen LogP contribution in [0.4, 0.5) is 0 Å². The van der Waals surface area contributed by atoms with Gasteiger partial charge in [-0.05, 0) is 17.7 Å². The molecular weight excluding hydrogens is 244 g/mol. The summed E-state index contributed by atoms with van der Waals surface area (Å²) in [7, 11) is 1.64. The second-order valence-electron chi connectivity index (χ2n) is 4.52. The van der Waals surface area contributed by atoms with Crippen LogP contribution >= 0.6 is 0 Å². The minimum absolute atomic E-state index is 0.0733. The SMILES string of the molecule is C=C1C[C@H](CCOCc2ccc(OC)cc2)OC1=O. The molecule has 1 aliphatic heterocycles. The van der Waals surface area contributed by atoms with Crippen molar-refractivity contribution in [3.05, 3.63) is 42.0 Å². The molecule has 4 nitrogen and oxygen atoms in total. The maximum atomic E-state index is 11.1. The number of methoxy groups -OCH3 is 1. The van der Waals surface area contributed by atoms with E-state index in [1.165, 1.54) is 0 Å². The molecule has 0 unspecified atom stereocenters. The van der Waals surface area contributed by atoms with Crippen molar-refractivity contribution in [3.63, 3.8) is 0 Å². The molecule has 1 atom stereocenters. The molecule has 0 spiro atoms. The molecule has 102 valence electrons. The molecule has 0 bridgehead atoms. The first-order valence-corrected chi connectivity index (χ1v) is 6.28. The van der Waals surface area contributed by atoms with Crippen molar-refractivity contribution < 1.29 is 19.0 Å². The van der Waals surface area contributed by atoms with Crippen molar-refractivity contribution in [3.8, 4) is 5.75 Å². The van der Waals surface area contributed by atoms with Gasteiger partial charge in [-0.1, -0.05) is 18.7 Å². The Morgan fingerprint density at radius 3 is 2.68 bits per heavy atom. The third-order valence-electron chi connectivity index (χ3n) is 3.05. The summed E-state index contributed by atoms with van der Waals surface area (Å²) in [5.74, 6) is 0.556. The molecule has 0 saturated carbocycles. The topological polar surface area (TPSA) is 44.8 Å². The van der Waals surface area contributed by atoms with E-state index in [9.17, 15) is 4.79 Å². The maximum absolute atomic E-state index is 11.1. The van der Waals surface area contributed by atoms with Crippen molar-refractivity contribution in [1.29, 1.82) is 0 Å². The van der Waals surface area contributed by atoms with Crippen molar-refractivity contribution in [2.75, 3.05) is 13.7 Å². The fourth-order valence-corrected chi connectivity index (χ4v) is 1.92. The first-order valence-electron chi connectivity index (χ1n) is 6.28. The number of hydrogen-bond acceptors (Lipinski definition) is 4. The lowest BCUT2D eigenvalue weighted by atomic mass is 10.1. The van der Waals surface area contributed by atoms with Gasteiger partial charge in [-0.2, -0.15) is 0 Å². The molecule has 1 heterocycles. The molecule has 1 saturated heterocycles. The third-order valence-corrected chi connectivity index (χ3v) is 3.05. The van der Waals surface area contributed by atoms with Crippen LogP contribution in [0.5, 0.6) is 5.75 Å². The van der Waals surface area contributed by atoms with Crippen LogP contribution < -0.4 is 4.74 Å². The predicted octanol–water partition coefficient (Wildman–Crippen LogP) is 2.47. The molecule has 0 aromatic heterocycles. The van der Waals surface area contributed by atoms with Crippen molar-refractivity contribution in [2.45, 2.75) is 25.6 Å². The van der Waals surface area contributed by atoms with Crippen LogP contribution in [-0.2, 0) is 20.9 Å². The lowest BCUT2D eigenvalue weighted by molar-refractivity contribution is -0.139. The van der Waals surface area contributed by atoms with E-state index in [0.717, 1.165) is 11.3 Å². The van der Waals surface area contributed by atoms with Crippen molar-refractivity contribution in [2.24, 2.45) is 0 Å². The Morgan fingerprint density at radius 1 is 1.37 bits per heavy atom. The molecule has 0 aliphatic carbocycles. The summed E-state index contributed by atoms with van der Waals surface area (Å²) in [5, 5.41) is 0. The molecule has 0 N–H and O–H groups in total. The second kappa shape index (κ2) is 6.38. The average molecular weight is 262 g/mol. The van der Waals surface area contributed by atoms with Crippen LogP contribution in [0.25, 0.3) is 0 Å². The largest absolute Gasteiger partial charge is 0.497 e. The number of carbonyl (C=O) groups is 1. The van der Waals surface area contributed by atoms with Crippen LogP contribution in [0.2, 0.25) is 0 Å². The summed E-state index contributed by atoms with van der Waals surface area (Å²) in [6.45, 7) is 4.76. The van der Waals surface area contributed by atoms with Gasteiger partial charge in [-0.15, -0.1) is 0 Å². The lowest BCUT2D eigenvalue weighted by Gasteiger charge is -2.09. The molecule has 4 heteroatoms. The number of esters is 1. The fourth-order valence-electron chi connectivity index (χ4n) is 1.92. The van der Waals surface area contributed by atoms with Crippen LogP contribution in [0.15, 0.2) is 36.4 Å². The third kappa shape index (κ3) is 3.83. The molecule has 19 heavy (non-hydrogen) atoms. The second-order valence-corrected chi connectivity index (χ2v) is 4.52. The molecule has 0 radical (unpaired) electrons. The van der Waals surface area contributed by atoms with Gasteiger partial charge in [-0.25, -0.2) is 4.79 Å². The number of cyclic esters (lactones) is 1. The normalized spacial score (nSPS) is 18.5. The van der Waals surface area contributed by atoms with E-state index >= 15 is 0 Å². The van der Waals surface area contributed by atoms with Gasteiger partial charge < -0.3 is 14.2 Å². The van der Waals surface area contributed by atoms with Gasteiger partial charge in [0, 0.05) is 18.4 Å². The van der Waals surface area contributed by atoms with Gasteiger partial charge in [0.1, 0.15) is 11.9 Å². The predicted molar refractivity (Wildman–Crippen MR) is 70.9 cm³/mol. The number of ether oxygens (including phenoxy) is 3. The highest BCUT2D eigenvalue weighted by Gasteiger charge is 2.26. The minimum atomic E-state index is -0.278. The Bertz CT molecular complexity index is 434. The van der Waals surface area contributed by atoms with E-state index < -0.39 is 0 Å². The smallest absolute Gasteiger partial charge is 0.333 e. The quantitative estimate of drug-likeness (QED) is 0.449. The number of benzene rings is 1. The summed E-state index contributed by atoms with van der Waals surface area (Å²) in [4.78, 5) is 11.1. The Labute approximate surface area is 113 Å². The van der Waals surface area contributed by atoms with Crippen LogP contribution in [0.3, 0.4) is 0 Å². The summed E-state index contributed by atoms with van der Waals surface area (Å²) in [6.07, 6.45) is 1.25. The van der Waals surface area contributed by atoms with E-state index in [2.05, 4.69) is 6.58 Å². The maximum Gasteiger partial charge on any atom is 0.333 e. The highest BCUT2D eigenvalue weighted by atomic mass is 16.6. The van der Waals surface area contributed by atoms with Crippen LogP contribution in [-0.4, -0.2) is 25.8 Å². The van der Waals surface area contributed by atoms with Gasteiger partial charge >= 0.3 is 5.97 Å². The summed E-state index contributed by atoms with van der Waals surface area (Å²) in [5.41, 5.74) is 1.65. The average Bonchev–Trinajstić information content (AvgIpc) is 2.74. The van der Waals surface area contributed by atoms with Gasteiger partial charge in [-0.3, -0.25) is 0 Å². The van der Waals surface area contributed by atoms with Crippen molar-refractivity contribution in [1.82, 2.24) is 0 Å². The van der Waals surface area contributed by atoms with Gasteiger partial charge in [0.05, 0.1) is 20.3 Å². The lowest BCUT2D eigenvalue weighted by Crippen LogP contribution is -2.10. The number of hydrogen-bond donors (Lipinski definition) is 0. The highest BCUT2D eigenvalue weighted by molar-refractivity contribution is 5.89. The molecule has 1 fully saturated rings. The van der Waals surface area contributed by atoms with E-state index in [0.29, 0.717) is 31.6 Å². The summed E-state index contributed by atoms with van der Waals surface area (Å²) in [6, 6.07) is 7.75. The molecule has 1 aromatic carbocycles. The van der Waals surface area contributed by atoms with E-state index in [1.807, 2.05) is 24.3 Å². The highest BCUT2D eigenvalue weighted by Crippen LogP contribution is 2.21. The Balaban J connectivity index is 1.66. The molecule has 0 amide bonds. The monoisotopic (exact) mass is 262 g/mol. The molecule has 1 aromatic rings. The Hall–Kier alpha value is -1.81. The standard InChI is InChI=1S/C15H18O4/c1-11-9-14(19-15(11)16)7-8-18-10-12-3-5-13(17-2)6-4-12/h3-6,14H,1,7-10H2,2H3/t14-/m0/s1. The molecule has 2 rings (SSSR count). The zero-order valence-corrected chi connectivity index (χ0v) is 11.1. The van der Waals surface area contributed by atoms with E-state index in [-0.39, 0.29) is 12.1 Å². The first-order chi connectivity index (χ1) is 9.19. The van der Waals surface area contributed by atoms with E-state index in [1.54, 1.807) is 7.11 Å².